The number of nitrogens with one attached hydrogen (secondary N) is 1. The highest BCUT2D eigenvalue weighted by atomic mass is 32.1. The van der Waals surface area contributed by atoms with Gasteiger partial charge in [0.15, 0.2) is 0 Å². The predicted molar refractivity (Wildman–Crippen MR) is 74.1 cm³/mol. The summed E-state index contributed by atoms with van der Waals surface area (Å²) in [5.41, 5.74) is 6.08. The van der Waals surface area contributed by atoms with Crippen molar-refractivity contribution in [1.82, 2.24) is 4.90 Å². The van der Waals surface area contributed by atoms with Crippen LogP contribution in [0.25, 0.3) is 0 Å². The van der Waals surface area contributed by atoms with Crippen molar-refractivity contribution in [2.45, 2.75) is 6.92 Å². The molecule has 0 fully saturated rings. The summed E-state index contributed by atoms with van der Waals surface area (Å²) in [5, 5.41) is 2.85. The molecule has 0 aliphatic carbocycles. The van der Waals surface area contributed by atoms with Gasteiger partial charge in [-0.15, -0.1) is 0 Å². The molecular formula is C12H16FN3OS. The normalized spacial score (nSPS) is 9.94. The van der Waals surface area contributed by atoms with E-state index in [-0.39, 0.29) is 23.0 Å². The van der Waals surface area contributed by atoms with Gasteiger partial charge in [0.1, 0.15) is 10.8 Å². The fourth-order valence-corrected chi connectivity index (χ4v) is 1.48. The minimum atomic E-state index is -0.496. The van der Waals surface area contributed by atoms with Crippen LogP contribution < -0.4 is 11.1 Å². The van der Waals surface area contributed by atoms with Crippen LogP contribution in [-0.4, -0.2) is 35.9 Å². The van der Waals surface area contributed by atoms with E-state index in [0.29, 0.717) is 12.2 Å². The fraction of sp³-hybridized carbons (Fsp3) is 0.333. The third-order valence-electron chi connectivity index (χ3n) is 2.58. The molecule has 0 heterocycles. The van der Waals surface area contributed by atoms with E-state index in [2.05, 4.69) is 5.32 Å². The number of nitrogens with zero attached hydrogens (tertiary/aromatic N) is 1. The lowest BCUT2D eigenvalue weighted by Crippen LogP contribution is -2.31. The van der Waals surface area contributed by atoms with Gasteiger partial charge in [-0.3, -0.25) is 4.79 Å². The first-order chi connectivity index (χ1) is 8.45. The highest BCUT2D eigenvalue weighted by Crippen LogP contribution is 2.14. The van der Waals surface area contributed by atoms with Crippen molar-refractivity contribution in [3.63, 3.8) is 0 Å². The van der Waals surface area contributed by atoms with E-state index in [0.717, 1.165) is 0 Å². The molecule has 6 heteroatoms. The second-order valence-electron chi connectivity index (χ2n) is 3.82. The zero-order valence-corrected chi connectivity index (χ0v) is 11.2. The lowest BCUT2D eigenvalue weighted by Gasteiger charge is -2.15. The van der Waals surface area contributed by atoms with Gasteiger partial charge in [0.05, 0.1) is 6.54 Å². The summed E-state index contributed by atoms with van der Waals surface area (Å²) in [4.78, 5) is 13.1. The quantitative estimate of drug-likeness (QED) is 0.792. The van der Waals surface area contributed by atoms with Gasteiger partial charge in [-0.1, -0.05) is 12.2 Å². The van der Waals surface area contributed by atoms with Crippen molar-refractivity contribution in [3.8, 4) is 0 Å². The summed E-state index contributed by atoms with van der Waals surface area (Å²) in [6, 6.07) is 4.40. The highest BCUT2D eigenvalue weighted by molar-refractivity contribution is 7.80. The zero-order chi connectivity index (χ0) is 13.7. The van der Waals surface area contributed by atoms with E-state index in [1.165, 1.54) is 12.1 Å². The molecule has 0 radical (unpaired) electrons. The van der Waals surface area contributed by atoms with Gasteiger partial charge in [-0.05, 0) is 25.1 Å². The SMILES string of the molecule is CCN(C)C(=O)CNc1ccc(C(N)=S)c(F)c1. The summed E-state index contributed by atoms with van der Waals surface area (Å²) < 4.78 is 13.5. The van der Waals surface area contributed by atoms with Crippen molar-refractivity contribution in [2.75, 3.05) is 25.5 Å². The third kappa shape index (κ3) is 3.66. The Balaban J connectivity index is 2.67. The van der Waals surface area contributed by atoms with Crippen LogP contribution in [0.3, 0.4) is 0 Å². The first-order valence-corrected chi connectivity index (χ1v) is 5.93. The van der Waals surface area contributed by atoms with Crippen LogP contribution in [0.5, 0.6) is 0 Å². The number of carbonyl (C=O) groups excluding carboxylic acids is 1. The van der Waals surface area contributed by atoms with Gasteiger partial charge in [0.2, 0.25) is 5.91 Å². The Kier molecular flexibility index (Phi) is 5.03. The number of rotatable bonds is 5. The number of amides is 1. The van der Waals surface area contributed by atoms with Crippen LogP contribution in [0.15, 0.2) is 18.2 Å². The number of halogens is 1. The Morgan fingerprint density at radius 1 is 1.56 bits per heavy atom. The van der Waals surface area contributed by atoms with Gasteiger partial charge >= 0.3 is 0 Å². The predicted octanol–water partition coefficient (Wildman–Crippen LogP) is 1.35. The van der Waals surface area contributed by atoms with Gasteiger partial charge in [0.25, 0.3) is 0 Å². The molecule has 1 amide bonds. The minimum Gasteiger partial charge on any atom is -0.389 e. The monoisotopic (exact) mass is 269 g/mol. The average Bonchev–Trinajstić information content (AvgIpc) is 2.34. The topological polar surface area (TPSA) is 58.4 Å². The number of benzene rings is 1. The average molecular weight is 269 g/mol. The zero-order valence-electron chi connectivity index (χ0n) is 10.4. The maximum atomic E-state index is 13.5. The Bertz CT molecular complexity index is 465. The molecule has 0 aliphatic rings. The number of hydrogen-bond donors (Lipinski definition) is 2. The first kappa shape index (κ1) is 14.4. The highest BCUT2D eigenvalue weighted by Gasteiger charge is 2.08. The van der Waals surface area contributed by atoms with E-state index in [1.54, 1.807) is 18.0 Å². The van der Waals surface area contributed by atoms with Crippen molar-refractivity contribution in [3.05, 3.63) is 29.6 Å². The first-order valence-electron chi connectivity index (χ1n) is 5.53. The Labute approximate surface area is 111 Å². The lowest BCUT2D eigenvalue weighted by atomic mass is 10.2. The van der Waals surface area contributed by atoms with E-state index < -0.39 is 5.82 Å². The van der Waals surface area contributed by atoms with Crippen molar-refractivity contribution >= 4 is 28.8 Å². The summed E-state index contributed by atoms with van der Waals surface area (Å²) in [6.07, 6.45) is 0. The number of carbonyl (C=O) groups is 1. The molecule has 0 saturated carbocycles. The van der Waals surface area contributed by atoms with E-state index in [4.69, 9.17) is 18.0 Å². The molecule has 0 unspecified atom stereocenters. The Morgan fingerprint density at radius 3 is 2.72 bits per heavy atom. The van der Waals surface area contributed by atoms with Gasteiger partial charge < -0.3 is 16.0 Å². The van der Waals surface area contributed by atoms with E-state index in [1.807, 2.05) is 6.92 Å². The van der Waals surface area contributed by atoms with Gasteiger partial charge in [-0.25, -0.2) is 4.39 Å². The minimum absolute atomic E-state index is 0.0147. The van der Waals surface area contributed by atoms with Crippen LogP contribution in [0.1, 0.15) is 12.5 Å². The molecule has 4 nitrogen and oxygen atoms in total. The largest absolute Gasteiger partial charge is 0.389 e. The van der Waals surface area contributed by atoms with Crippen LogP contribution in [0.2, 0.25) is 0 Å². The molecule has 18 heavy (non-hydrogen) atoms. The van der Waals surface area contributed by atoms with Crippen LogP contribution >= 0.6 is 12.2 Å². The summed E-state index contributed by atoms with van der Waals surface area (Å²) in [7, 11) is 1.71. The Morgan fingerprint density at radius 2 is 2.22 bits per heavy atom. The summed E-state index contributed by atoms with van der Waals surface area (Å²) >= 11 is 4.71. The lowest BCUT2D eigenvalue weighted by molar-refractivity contribution is -0.127. The third-order valence-corrected chi connectivity index (χ3v) is 2.80. The molecule has 0 aliphatic heterocycles. The molecule has 0 atom stereocenters. The molecule has 0 aromatic heterocycles. The van der Waals surface area contributed by atoms with E-state index >= 15 is 0 Å². The molecule has 0 saturated heterocycles. The number of anilines is 1. The van der Waals surface area contributed by atoms with Crippen molar-refractivity contribution in [1.29, 1.82) is 0 Å². The fourth-order valence-electron chi connectivity index (χ4n) is 1.31. The van der Waals surface area contributed by atoms with Crippen molar-refractivity contribution in [2.24, 2.45) is 5.73 Å². The molecule has 1 aromatic carbocycles. The van der Waals surface area contributed by atoms with Crippen LogP contribution in [0, 0.1) is 5.82 Å². The molecular weight excluding hydrogens is 253 g/mol. The van der Waals surface area contributed by atoms with Crippen molar-refractivity contribution < 1.29 is 9.18 Å². The van der Waals surface area contributed by atoms with Crippen LogP contribution in [0.4, 0.5) is 10.1 Å². The second kappa shape index (κ2) is 6.30. The Hall–Kier alpha value is -1.69. The number of nitrogens with two attached hydrogens (primary N) is 1. The van der Waals surface area contributed by atoms with Crippen LogP contribution in [-0.2, 0) is 4.79 Å². The molecule has 98 valence electrons. The number of thiocarbonyl (C=S) groups is 1. The second-order valence-corrected chi connectivity index (χ2v) is 4.26. The van der Waals surface area contributed by atoms with Gasteiger partial charge in [-0.2, -0.15) is 0 Å². The van der Waals surface area contributed by atoms with E-state index in [9.17, 15) is 9.18 Å². The van der Waals surface area contributed by atoms with Gasteiger partial charge in [0, 0.05) is 24.8 Å². The summed E-state index contributed by atoms with van der Waals surface area (Å²) in [5.74, 6) is -0.555. The number of likely N-dealkylation sites (N-methyl/N-ethyl adjacent to an activating group) is 1. The smallest absolute Gasteiger partial charge is 0.241 e. The summed E-state index contributed by atoms with van der Waals surface area (Å²) in [6.45, 7) is 2.64. The molecule has 0 bridgehead atoms. The molecule has 1 rings (SSSR count). The number of hydrogen-bond acceptors (Lipinski definition) is 3. The molecule has 1 aromatic rings. The molecule has 0 spiro atoms. The maximum absolute atomic E-state index is 13.5. The molecule has 3 N–H and O–H groups in total. The maximum Gasteiger partial charge on any atom is 0.241 e. The standard InChI is InChI=1S/C12H16FN3OS/c1-3-16(2)11(17)7-15-8-4-5-9(12(14)18)10(13)6-8/h4-6,15H,3,7H2,1-2H3,(H2,14,18).